The molecule has 16 atom stereocenters. The van der Waals surface area contributed by atoms with Crippen molar-refractivity contribution < 1.29 is 57.1 Å². The third kappa shape index (κ3) is 12.9. The van der Waals surface area contributed by atoms with Crippen LogP contribution in [0.5, 0.6) is 0 Å². The van der Waals surface area contributed by atoms with Crippen molar-refractivity contribution >= 4 is 23.9 Å². The van der Waals surface area contributed by atoms with Gasteiger partial charge in [-0.2, -0.15) is 0 Å². The number of ether oxygens (including phenoxy) is 8. The Morgan fingerprint density at radius 2 is 0.661 bits per heavy atom. The fourth-order valence-electron chi connectivity index (χ4n) is 9.48. The first kappa shape index (κ1) is 47.8. The highest BCUT2D eigenvalue weighted by Crippen LogP contribution is 2.36. The minimum atomic E-state index is -0.455. The molecule has 0 N–H and O–H groups in total. The highest BCUT2D eigenvalue weighted by atomic mass is 16.6. The third-order valence-corrected chi connectivity index (χ3v) is 14.1. The summed E-state index contributed by atoms with van der Waals surface area (Å²) in [6.45, 7) is 21.8. The summed E-state index contributed by atoms with van der Waals surface area (Å²) in [5.41, 5.74) is 0. The van der Waals surface area contributed by atoms with E-state index in [-0.39, 0.29) is 115 Å². The molecule has 0 aromatic carbocycles. The molecule has 5 saturated heterocycles. The molecule has 0 saturated carbocycles. The van der Waals surface area contributed by atoms with Gasteiger partial charge < -0.3 is 37.9 Å². The Labute approximate surface area is 354 Å². The SMILES string of the molecule is CC[C@H]1C[C@@H]2CC[C@@H](O2)[C@@H](C)C(=O)O[C@H](C(C)C)C[C@H]2CC[C@H](O2)[C@H](C)C(=O)O[C@@H](C(C)C)C[C@@H]2CC[C@@H](O2)[C@@H](C)C(=O)O[C@H](C(C)C)C[C@H]2CC[C@H](O2)[C@H](C)C(=O)O1. The smallest absolute Gasteiger partial charge is 0.311 e. The van der Waals surface area contributed by atoms with Crippen molar-refractivity contribution in [1.82, 2.24) is 0 Å². The zero-order valence-electron chi connectivity index (χ0n) is 38.1. The molecular weight excluding hydrogens is 757 g/mol. The van der Waals surface area contributed by atoms with Gasteiger partial charge in [0, 0.05) is 25.7 Å². The summed E-state index contributed by atoms with van der Waals surface area (Å²) in [4.78, 5) is 54.2. The quantitative estimate of drug-likeness (QED) is 0.199. The lowest BCUT2D eigenvalue weighted by molar-refractivity contribution is -0.165. The zero-order chi connectivity index (χ0) is 43.1. The monoisotopic (exact) mass is 835 g/mol. The fourth-order valence-corrected chi connectivity index (χ4v) is 9.48. The van der Waals surface area contributed by atoms with Crippen LogP contribution >= 0.6 is 0 Å². The second-order valence-electron chi connectivity index (χ2n) is 19.7. The van der Waals surface area contributed by atoms with Gasteiger partial charge in [0.25, 0.3) is 0 Å². The molecule has 5 fully saturated rings. The van der Waals surface area contributed by atoms with Gasteiger partial charge in [-0.1, -0.05) is 48.5 Å². The molecule has 0 aromatic heterocycles. The van der Waals surface area contributed by atoms with Crippen LogP contribution in [0, 0.1) is 41.4 Å². The molecule has 0 radical (unpaired) electrons. The van der Waals surface area contributed by atoms with Crippen LogP contribution in [0.3, 0.4) is 0 Å². The van der Waals surface area contributed by atoms with Crippen molar-refractivity contribution in [2.45, 2.75) is 233 Å². The molecular formula is C47H78O12. The number of carbonyl (C=O) groups excluding carboxylic acids is 4. The van der Waals surface area contributed by atoms with Crippen molar-refractivity contribution in [3.05, 3.63) is 0 Å². The molecule has 0 spiro atoms. The number of rotatable bonds is 4. The Kier molecular flexibility index (Phi) is 17.6. The normalized spacial score (nSPS) is 41.6. The van der Waals surface area contributed by atoms with Crippen LogP contribution in [0.2, 0.25) is 0 Å². The predicted octanol–water partition coefficient (Wildman–Crippen LogP) is 8.32. The summed E-state index contributed by atoms with van der Waals surface area (Å²) in [5.74, 6) is -2.69. The van der Waals surface area contributed by atoms with Gasteiger partial charge in [0.2, 0.25) is 0 Å². The van der Waals surface area contributed by atoms with Gasteiger partial charge in [-0.3, -0.25) is 19.2 Å². The van der Waals surface area contributed by atoms with E-state index in [9.17, 15) is 19.2 Å². The lowest BCUT2D eigenvalue weighted by Gasteiger charge is -2.29. The minimum absolute atomic E-state index is 0.0757. The Bertz CT molecular complexity index is 1380. The van der Waals surface area contributed by atoms with Gasteiger partial charge in [0.05, 0.1) is 72.5 Å². The largest absolute Gasteiger partial charge is 0.462 e. The maximum atomic E-state index is 13.6. The average Bonchev–Trinajstić information content (AvgIpc) is 4.03. The maximum absolute atomic E-state index is 13.6. The molecule has 0 aliphatic carbocycles. The highest BCUT2D eigenvalue weighted by Gasteiger charge is 2.42. The molecule has 5 aliphatic heterocycles. The van der Waals surface area contributed by atoms with Crippen molar-refractivity contribution in [2.75, 3.05) is 0 Å². The van der Waals surface area contributed by atoms with E-state index < -0.39 is 23.7 Å². The van der Waals surface area contributed by atoms with Gasteiger partial charge in [-0.15, -0.1) is 0 Å². The second kappa shape index (κ2) is 21.7. The zero-order valence-corrected chi connectivity index (χ0v) is 38.1. The maximum Gasteiger partial charge on any atom is 0.311 e. The molecule has 5 aliphatic rings. The van der Waals surface area contributed by atoms with E-state index >= 15 is 0 Å². The van der Waals surface area contributed by atoms with Crippen molar-refractivity contribution in [3.63, 3.8) is 0 Å². The van der Waals surface area contributed by atoms with Crippen molar-refractivity contribution in [1.29, 1.82) is 0 Å². The number of carbonyl (C=O) groups is 4. The van der Waals surface area contributed by atoms with E-state index in [2.05, 4.69) is 0 Å². The van der Waals surface area contributed by atoms with E-state index in [1.54, 1.807) is 0 Å². The predicted molar refractivity (Wildman–Crippen MR) is 221 cm³/mol. The number of fused-ring (bicyclic) bond motifs is 8. The summed E-state index contributed by atoms with van der Waals surface area (Å²) < 4.78 is 50.3. The summed E-state index contributed by atoms with van der Waals surface area (Å²) in [6.07, 6.45) is 5.84. The number of hydrogen-bond donors (Lipinski definition) is 0. The van der Waals surface area contributed by atoms with Crippen LogP contribution in [0.25, 0.3) is 0 Å². The van der Waals surface area contributed by atoms with E-state index in [1.165, 1.54) is 0 Å². The van der Waals surface area contributed by atoms with Gasteiger partial charge in [-0.05, 0) is 103 Å². The summed E-state index contributed by atoms with van der Waals surface area (Å²) >= 11 is 0. The molecule has 0 unspecified atom stereocenters. The Balaban J connectivity index is 1.28. The van der Waals surface area contributed by atoms with Gasteiger partial charge in [0.15, 0.2) is 0 Å². The highest BCUT2D eigenvalue weighted by molar-refractivity contribution is 5.74. The second-order valence-corrected chi connectivity index (χ2v) is 19.7. The number of hydrogen-bond acceptors (Lipinski definition) is 12. The molecule has 338 valence electrons. The van der Waals surface area contributed by atoms with E-state index in [0.29, 0.717) is 32.1 Å². The summed E-state index contributed by atoms with van der Waals surface area (Å²) in [6, 6.07) is 0. The number of esters is 4. The first-order valence-electron chi connectivity index (χ1n) is 23.4. The van der Waals surface area contributed by atoms with Crippen LogP contribution < -0.4 is 0 Å². The van der Waals surface area contributed by atoms with Gasteiger partial charge in [-0.25, -0.2) is 0 Å². The number of cyclic esters (lactones) is 4. The van der Waals surface area contributed by atoms with Crippen LogP contribution in [-0.2, 0) is 57.1 Å². The molecule has 0 amide bonds. The van der Waals surface area contributed by atoms with Crippen LogP contribution in [0.15, 0.2) is 0 Å². The van der Waals surface area contributed by atoms with Gasteiger partial charge >= 0.3 is 23.9 Å². The first-order valence-corrected chi connectivity index (χ1v) is 23.4. The molecule has 12 nitrogen and oxygen atoms in total. The molecule has 12 heteroatoms. The lowest BCUT2D eigenvalue weighted by Crippen LogP contribution is -2.37. The molecule has 59 heavy (non-hydrogen) atoms. The van der Waals surface area contributed by atoms with Crippen LogP contribution in [-0.4, -0.2) is 97.1 Å². The molecule has 5 heterocycles. The standard InChI is InChI=1S/C47H78O12/c1-12-32-21-33-13-17-38(52-33)29(9)45(49)57-42(26(4)5)23-35-15-19-40(54-35)31(11)47(51)59-43(27(6)7)24-36-16-20-39(55-36)30(10)46(50)58-41(25(2)3)22-34-14-18-37(53-34)28(8)44(48)56-32/h25-43H,12-24H2,1-11H3/t28-,29+,30+,31-,32-,33-,34+,35+,36-,37-,38+,39+,40-,41-,42-,43+/m0/s1. The third-order valence-electron chi connectivity index (χ3n) is 14.1. The summed E-state index contributed by atoms with van der Waals surface area (Å²) in [5, 5.41) is 0. The Hall–Kier alpha value is -2.28. The Morgan fingerprint density at radius 3 is 0.915 bits per heavy atom. The molecule has 5 rings (SSSR count). The summed E-state index contributed by atoms with van der Waals surface area (Å²) in [7, 11) is 0. The van der Waals surface area contributed by atoms with Crippen molar-refractivity contribution in [2.24, 2.45) is 41.4 Å². The van der Waals surface area contributed by atoms with E-state index in [0.717, 1.165) is 51.4 Å². The van der Waals surface area contributed by atoms with Crippen molar-refractivity contribution in [3.8, 4) is 0 Å². The topological polar surface area (TPSA) is 142 Å². The molecule has 0 aromatic rings. The van der Waals surface area contributed by atoms with Crippen LogP contribution in [0.1, 0.15) is 160 Å². The molecule has 8 bridgehead atoms. The van der Waals surface area contributed by atoms with Crippen LogP contribution in [0.4, 0.5) is 0 Å². The Morgan fingerprint density at radius 1 is 0.407 bits per heavy atom. The first-order chi connectivity index (χ1) is 27.9. The fraction of sp³-hybridized carbons (Fsp3) is 0.915. The van der Waals surface area contributed by atoms with E-state index in [1.807, 2.05) is 76.2 Å². The minimum Gasteiger partial charge on any atom is -0.462 e. The van der Waals surface area contributed by atoms with E-state index in [4.69, 9.17) is 37.9 Å². The van der Waals surface area contributed by atoms with Gasteiger partial charge in [0.1, 0.15) is 24.4 Å². The average molecular weight is 835 g/mol. The lowest BCUT2D eigenvalue weighted by atomic mass is 9.96.